The molecule has 94 valence electrons. The first-order valence-electron chi connectivity index (χ1n) is 6.21. The Balaban J connectivity index is 2.04. The lowest BCUT2D eigenvalue weighted by atomic mass is 10.1. The zero-order chi connectivity index (χ0) is 13.2. The van der Waals surface area contributed by atoms with Crippen LogP contribution >= 0.6 is 0 Å². The van der Waals surface area contributed by atoms with E-state index in [1.807, 2.05) is 42.6 Å². The van der Waals surface area contributed by atoms with Gasteiger partial charge in [0.15, 0.2) is 0 Å². The average Bonchev–Trinajstić information content (AvgIpc) is 2.92. The molecule has 1 aromatic heterocycles. The van der Waals surface area contributed by atoms with Gasteiger partial charge in [0.1, 0.15) is 5.82 Å². The first-order valence-corrected chi connectivity index (χ1v) is 6.21. The van der Waals surface area contributed by atoms with Crippen LogP contribution in [0.4, 0.5) is 5.69 Å². The second kappa shape index (κ2) is 4.61. The van der Waals surface area contributed by atoms with Crippen LogP contribution in [0.15, 0.2) is 54.7 Å². The summed E-state index contributed by atoms with van der Waals surface area (Å²) in [7, 11) is 0. The van der Waals surface area contributed by atoms with Gasteiger partial charge in [-0.3, -0.25) is 0 Å². The molecule has 0 saturated carbocycles. The lowest BCUT2D eigenvalue weighted by Crippen LogP contribution is -1.90. The Bertz CT molecular complexity index is 699. The molecule has 0 spiro atoms. The van der Waals surface area contributed by atoms with Gasteiger partial charge in [-0.05, 0) is 30.2 Å². The van der Waals surface area contributed by atoms with Crippen molar-refractivity contribution >= 4 is 5.69 Å². The largest absolute Gasteiger partial charge is 0.399 e. The van der Waals surface area contributed by atoms with Crippen molar-refractivity contribution in [2.45, 2.75) is 6.92 Å². The molecule has 0 atom stereocenters. The number of nitrogens with one attached hydrogen (secondary N) is 1. The number of aromatic amines is 1. The topological polar surface area (TPSA) is 54.7 Å². The van der Waals surface area contributed by atoms with Crippen molar-refractivity contribution in [2.75, 3.05) is 5.73 Å². The summed E-state index contributed by atoms with van der Waals surface area (Å²) in [5, 5.41) is 0. The average molecular weight is 249 g/mol. The van der Waals surface area contributed by atoms with Crippen LogP contribution < -0.4 is 5.73 Å². The maximum Gasteiger partial charge on any atom is 0.138 e. The first-order chi connectivity index (χ1) is 9.24. The standard InChI is InChI=1S/C16H15N3/c1-11-7-8-13(17)9-14(11)16-18-10-15(19-16)12-5-3-2-4-6-12/h2-10H,17H2,1H3,(H,18,19). The minimum Gasteiger partial charge on any atom is -0.399 e. The molecule has 3 rings (SSSR count). The van der Waals surface area contributed by atoms with E-state index in [0.29, 0.717) is 0 Å². The van der Waals surface area contributed by atoms with Crippen LogP contribution in [0.3, 0.4) is 0 Å². The van der Waals surface area contributed by atoms with Gasteiger partial charge in [-0.25, -0.2) is 4.98 Å². The van der Waals surface area contributed by atoms with Gasteiger partial charge in [0, 0.05) is 11.3 Å². The zero-order valence-corrected chi connectivity index (χ0v) is 10.7. The van der Waals surface area contributed by atoms with Gasteiger partial charge < -0.3 is 10.7 Å². The maximum atomic E-state index is 5.84. The van der Waals surface area contributed by atoms with Crippen LogP contribution in [0.2, 0.25) is 0 Å². The Morgan fingerprint density at radius 3 is 2.63 bits per heavy atom. The van der Waals surface area contributed by atoms with Crippen molar-refractivity contribution in [3.05, 3.63) is 60.3 Å². The van der Waals surface area contributed by atoms with Gasteiger partial charge in [-0.15, -0.1) is 0 Å². The second-order valence-corrected chi connectivity index (χ2v) is 4.59. The van der Waals surface area contributed by atoms with Gasteiger partial charge in [0.05, 0.1) is 11.9 Å². The minimum absolute atomic E-state index is 0.748. The number of nitrogens with two attached hydrogens (primary N) is 1. The molecule has 0 amide bonds. The Labute approximate surface area is 112 Å². The van der Waals surface area contributed by atoms with E-state index in [1.165, 1.54) is 0 Å². The Morgan fingerprint density at radius 1 is 1.05 bits per heavy atom. The molecule has 0 aliphatic carbocycles. The highest BCUT2D eigenvalue weighted by Crippen LogP contribution is 2.25. The number of nitrogen functional groups attached to an aromatic ring is 1. The third-order valence-electron chi connectivity index (χ3n) is 3.18. The molecule has 19 heavy (non-hydrogen) atoms. The van der Waals surface area contributed by atoms with Crippen LogP contribution in [0, 0.1) is 6.92 Å². The van der Waals surface area contributed by atoms with Crippen LogP contribution in [-0.2, 0) is 0 Å². The summed E-state index contributed by atoms with van der Waals surface area (Å²) >= 11 is 0. The molecule has 0 aliphatic rings. The second-order valence-electron chi connectivity index (χ2n) is 4.59. The minimum atomic E-state index is 0.748. The van der Waals surface area contributed by atoms with Crippen LogP contribution in [0.25, 0.3) is 22.6 Å². The van der Waals surface area contributed by atoms with Crippen LogP contribution in [-0.4, -0.2) is 9.97 Å². The van der Waals surface area contributed by atoms with Gasteiger partial charge in [-0.2, -0.15) is 0 Å². The van der Waals surface area contributed by atoms with E-state index in [9.17, 15) is 0 Å². The number of nitrogens with zero attached hydrogens (tertiary/aromatic N) is 1. The summed E-state index contributed by atoms with van der Waals surface area (Å²) in [4.78, 5) is 7.80. The van der Waals surface area contributed by atoms with Crippen molar-refractivity contribution in [1.82, 2.24) is 9.97 Å². The fourth-order valence-corrected chi connectivity index (χ4v) is 2.12. The number of imidazole rings is 1. The molecule has 0 saturated heterocycles. The molecule has 0 unspecified atom stereocenters. The molecule has 0 bridgehead atoms. The van der Waals surface area contributed by atoms with Crippen molar-refractivity contribution in [3.8, 4) is 22.6 Å². The molecular formula is C16H15N3. The molecule has 1 heterocycles. The molecule has 3 heteroatoms. The van der Waals surface area contributed by atoms with E-state index >= 15 is 0 Å². The monoisotopic (exact) mass is 249 g/mol. The predicted octanol–water partition coefficient (Wildman–Crippen LogP) is 3.63. The highest BCUT2D eigenvalue weighted by Gasteiger charge is 2.07. The van der Waals surface area contributed by atoms with E-state index in [4.69, 9.17) is 5.73 Å². The summed E-state index contributed by atoms with van der Waals surface area (Å²) < 4.78 is 0. The van der Waals surface area contributed by atoms with E-state index in [0.717, 1.165) is 33.9 Å². The number of rotatable bonds is 2. The highest BCUT2D eigenvalue weighted by atomic mass is 14.9. The summed E-state index contributed by atoms with van der Waals surface area (Å²) in [6, 6.07) is 16.0. The third kappa shape index (κ3) is 2.22. The number of hydrogen-bond donors (Lipinski definition) is 2. The number of benzene rings is 2. The maximum absolute atomic E-state index is 5.84. The van der Waals surface area contributed by atoms with Gasteiger partial charge in [0.2, 0.25) is 0 Å². The Morgan fingerprint density at radius 2 is 1.84 bits per heavy atom. The third-order valence-corrected chi connectivity index (χ3v) is 3.18. The fraction of sp³-hybridized carbons (Fsp3) is 0.0625. The zero-order valence-electron chi connectivity index (χ0n) is 10.7. The number of anilines is 1. The molecule has 0 aliphatic heterocycles. The molecule has 3 nitrogen and oxygen atoms in total. The summed E-state index contributed by atoms with van der Waals surface area (Å²) in [6.07, 6.45) is 1.85. The number of aryl methyl sites for hydroxylation is 1. The molecule has 3 N–H and O–H groups in total. The number of aromatic nitrogens is 2. The molecule has 0 radical (unpaired) electrons. The van der Waals surface area contributed by atoms with Crippen molar-refractivity contribution in [3.63, 3.8) is 0 Å². The van der Waals surface area contributed by atoms with E-state index < -0.39 is 0 Å². The fourth-order valence-electron chi connectivity index (χ4n) is 2.12. The first kappa shape index (κ1) is 11.5. The lowest BCUT2D eigenvalue weighted by molar-refractivity contribution is 1.29. The smallest absolute Gasteiger partial charge is 0.138 e. The number of H-pyrrole nitrogens is 1. The van der Waals surface area contributed by atoms with Gasteiger partial charge >= 0.3 is 0 Å². The lowest BCUT2D eigenvalue weighted by Gasteiger charge is -2.03. The quantitative estimate of drug-likeness (QED) is 0.681. The summed E-state index contributed by atoms with van der Waals surface area (Å²) in [5.74, 6) is 0.851. The molecule has 2 aromatic carbocycles. The van der Waals surface area contributed by atoms with Gasteiger partial charge in [-0.1, -0.05) is 36.4 Å². The number of hydrogen-bond acceptors (Lipinski definition) is 2. The van der Waals surface area contributed by atoms with E-state index in [1.54, 1.807) is 0 Å². The van der Waals surface area contributed by atoms with E-state index in [2.05, 4.69) is 29.0 Å². The molecular weight excluding hydrogens is 234 g/mol. The summed E-state index contributed by atoms with van der Waals surface area (Å²) in [6.45, 7) is 2.06. The van der Waals surface area contributed by atoms with Crippen molar-refractivity contribution < 1.29 is 0 Å². The van der Waals surface area contributed by atoms with Crippen LogP contribution in [0.5, 0.6) is 0 Å². The van der Waals surface area contributed by atoms with Crippen LogP contribution in [0.1, 0.15) is 5.56 Å². The normalized spacial score (nSPS) is 10.6. The van der Waals surface area contributed by atoms with Crippen molar-refractivity contribution in [1.29, 1.82) is 0 Å². The predicted molar refractivity (Wildman–Crippen MR) is 78.6 cm³/mol. The molecule has 3 aromatic rings. The SMILES string of the molecule is Cc1ccc(N)cc1-c1ncc(-c2ccccc2)[nH]1. The Hall–Kier alpha value is -2.55. The summed E-state index contributed by atoms with van der Waals surface area (Å²) in [5.41, 5.74) is 10.9. The molecule has 0 fully saturated rings. The highest BCUT2D eigenvalue weighted by molar-refractivity contribution is 5.69. The van der Waals surface area contributed by atoms with Crippen molar-refractivity contribution in [2.24, 2.45) is 0 Å². The van der Waals surface area contributed by atoms with E-state index in [-0.39, 0.29) is 0 Å². The van der Waals surface area contributed by atoms with Gasteiger partial charge in [0.25, 0.3) is 0 Å². The Kier molecular flexibility index (Phi) is 2.80.